The third-order valence-corrected chi connectivity index (χ3v) is 10.8. The second-order valence-electron chi connectivity index (χ2n) is 11.2. The maximum Gasteiger partial charge on any atom is 0.251 e. The fourth-order valence-corrected chi connectivity index (χ4v) is 9.25. The average molecular weight is 574 g/mol. The van der Waals surface area contributed by atoms with Gasteiger partial charge in [0.05, 0.1) is 36.3 Å². The molecular formula is C32H35N3O5S. The fourth-order valence-electron chi connectivity index (χ4n) is 7.10. The van der Waals surface area contributed by atoms with Gasteiger partial charge in [0.15, 0.2) is 0 Å². The minimum Gasteiger partial charge on any atom is -0.497 e. The van der Waals surface area contributed by atoms with Crippen molar-refractivity contribution in [2.45, 2.75) is 41.8 Å². The van der Waals surface area contributed by atoms with E-state index in [0.29, 0.717) is 30.9 Å². The zero-order valence-corrected chi connectivity index (χ0v) is 24.3. The number of amides is 3. The van der Waals surface area contributed by atoms with Crippen molar-refractivity contribution >= 4 is 40.9 Å². The molecule has 6 atom stereocenters. The van der Waals surface area contributed by atoms with Gasteiger partial charge in [0.2, 0.25) is 11.8 Å². The first-order valence-electron chi connectivity index (χ1n) is 14.1. The van der Waals surface area contributed by atoms with Gasteiger partial charge in [0.25, 0.3) is 5.91 Å². The summed E-state index contributed by atoms with van der Waals surface area (Å²) in [6.07, 6.45) is 8.50. The summed E-state index contributed by atoms with van der Waals surface area (Å²) in [5, 5.41) is 10.4. The van der Waals surface area contributed by atoms with E-state index in [2.05, 4.69) is 6.08 Å². The molecule has 1 unspecified atom stereocenters. The number of fused-ring (bicyclic) bond motifs is 2. The fraction of sp³-hybridized carbons (Fsp3) is 0.406. The smallest absolute Gasteiger partial charge is 0.251 e. The van der Waals surface area contributed by atoms with Gasteiger partial charge < -0.3 is 24.5 Å². The molecule has 214 valence electrons. The molecule has 4 aliphatic rings. The molecule has 2 aromatic carbocycles. The lowest BCUT2D eigenvalue weighted by Crippen LogP contribution is -2.56. The number of aliphatic hydroxyl groups excluding tert-OH is 1. The lowest BCUT2D eigenvalue weighted by Gasteiger charge is -2.39. The highest BCUT2D eigenvalue weighted by atomic mass is 32.2. The SMILES string of the molecule is CC[C@@H](CO)N1C(=O)[C@@H]2[C@H]3C(=O)N(c4ccccc4)CC=C[C@@]3(C)S[C@@]23C=CCN(c2ccc(OC)cc2)C(=O)C13. The number of ether oxygens (including phenoxy) is 1. The summed E-state index contributed by atoms with van der Waals surface area (Å²) in [6, 6.07) is 15.4. The molecular weight excluding hydrogens is 538 g/mol. The Balaban J connectivity index is 1.48. The number of carbonyl (C=O) groups is 3. The van der Waals surface area contributed by atoms with Crippen molar-refractivity contribution in [3.8, 4) is 5.75 Å². The minimum absolute atomic E-state index is 0.124. The van der Waals surface area contributed by atoms with Crippen LogP contribution in [0.1, 0.15) is 20.3 Å². The van der Waals surface area contributed by atoms with Crippen LogP contribution >= 0.6 is 11.8 Å². The third-order valence-electron chi connectivity index (χ3n) is 9.02. The summed E-state index contributed by atoms with van der Waals surface area (Å²) in [6.45, 7) is 4.39. The highest BCUT2D eigenvalue weighted by molar-refractivity contribution is 8.02. The standard InChI is InChI=1S/C32H35N3O5S/c1-4-21(20-36)35-27-30(39)34(23-12-14-24(40-3)15-13-23)19-9-17-32(27)26(29(35)38)25-28(37)33(22-10-6-5-7-11-22)18-8-16-31(25,2)41-32/h5-17,21,25-27,36H,4,18-20H2,1-3H3/t21-,25-,26-,27?,31+,32-/m0/s1. The van der Waals surface area contributed by atoms with Gasteiger partial charge in [0, 0.05) is 29.2 Å². The number of para-hydroxylation sites is 1. The number of benzene rings is 2. The first-order chi connectivity index (χ1) is 19.8. The molecule has 0 aliphatic carbocycles. The number of anilines is 2. The molecule has 1 N–H and O–H groups in total. The number of rotatable bonds is 6. The Morgan fingerprint density at radius 2 is 1.54 bits per heavy atom. The molecule has 4 aliphatic heterocycles. The third kappa shape index (κ3) is 4.12. The van der Waals surface area contributed by atoms with Crippen molar-refractivity contribution in [2.24, 2.45) is 11.8 Å². The molecule has 1 spiro atoms. The molecule has 4 heterocycles. The zero-order chi connectivity index (χ0) is 28.9. The number of methoxy groups -OCH3 is 1. The van der Waals surface area contributed by atoms with Crippen LogP contribution in [0.5, 0.6) is 5.75 Å². The van der Waals surface area contributed by atoms with E-state index in [1.54, 1.807) is 45.7 Å². The lowest BCUT2D eigenvalue weighted by atomic mass is 9.74. The van der Waals surface area contributed by atoms with Gasteiger partial charge in [0.1, 0.15) is 11.8 Å². The summed E-state index contributed by atoms with van der Waals surface area (Å²) < 4.78 is 3.63. The summed E-state index contributed by atoms with van der Waals surface area (Å²) >= 11 is 1.55. The average Bonchev–Trinajstić information content (AvgIpc) is 3.26. The van der Waals surface area contributed by atoms with E-state index < -0.39 is 33.4 Å². The monoisotopic (exact) mass is 573 g/mol. The number of nitrogens with zero attached hydrogens (tertiary/aromatic N) is 3. The van der Waals surface area contributed by atoms with Crippen LogP contribution in [0.25, 0.3) is 0 Å². The Morgan fingerprint density at radius 1 is 0.902 bits per heavy atom. The Morgan fingerprint density at radius 3 is 2.17 bits per heavy atom. The van der Waals surface area contributed by atoms with Crippen molar-refractivity contribution in [2.75, 3.05) is 36.6 Å². The van der Waals surface area contributed by atoms with Crippen LogP contribution in [0.4, 0.5) is 11.4 Å². The van der Waals surface area contributed by atoms with Crippen LogP contribution in [-0.2, 0) is 14.4 Å². The van der Waals surface area contributed by atoms with Gasteiger partial charge in [-0.3, -0.25) is 14.4 Å². The van der Waals surface area contributed by atoms with Gasteiger partial charge >= 0.3 is 0 Å². The van der Waals surface area contributed by atoms with Crippen LogP contribution in [0, 0.1) is 11.8 Å². The van der Waals surface area contributed by atoms with Crippen molar-refractivity contribution in [3.05, 3.63) is 78.9 Å². The molecule has 0 aromatic heterocycles. The molecule has 41 heavy (non-hydrogen) atoms. The van der Waals surface area contributed by atoms with Crippen molar-refractivity contribution in [3.63, 3.8) is 0 Å². The van der Waals surface area contributed by atoms with Gasteiger partial charge in [-0.1, -0.05) is 49.4 Å². The van der Waals surface area contributed by atoms with E-state index in [0.717, 1.165) is 5.69 Å². The maximum absolute atomic E-state index is 14.6. The second kappa shape index (κ2) is 10.4. The van der Waals surface area contributed by atoms with Gasteiger partial charge in [-0.2, -0.15) is 0 Å². The van der Waals surface area contributed by atoms with Crippen molar-refractivity contribution < 1.29 is 24.2 Å². The maximum atomic E-state index is 14.6. The normalized spacial score (nSPS) is 31.5. The first-order valence-corrected chi connectivity index (χ1v) is 14.9. The van der Waals surface area contributed by atoms with Crippen LogP contribution in [0.15, 0.2) is 78.9 Å². The Kier molecular flexibility index (Phi) is 6.98. The Labute approximate surface area is 244 Å². The summed E-state index contributed by atoms with van der Waals surface area (Å²) in [5.41, 5.74) is 1.47. The number of carbonyl (C=O) groups excluding carboxylic acids is 3. The summed E-state index contributed by atoms with van der Waals surface area (Å²) in [5.74, 6) is -1.36. The quantitative estimate of drug-likeness (QED) is 0.531. The van der Waals surface area contributed by atoms with Crippen LogP contribution in [-0.4, -0.2) is 76.1 Å². The first kappa shape index (κ1) is 27.6. The second-order valence-corrected chi connectivity index (χ2v) is 13.0. The number of hydrogen-bond acceptors (Lipinski definition) is 6. The molecule has 2 aromatic rings. The largest absolute Gasteiger partial charge is 0.497 e. The van der Waals surface area contributed by atoms with E-state index in [1.165, 1.54) is 0 Å². The highest BCUT2D eigenvalue weighted by Gasteiger charge is 2.74. The zero-order valence-electron chi connectivity index (χ0n) is 23.5. The molecule has 2 fully saturated rings. The highest BCUT2D eigenvalue weighted by Crippen LogP contribution is 2.66. The molecule has 2 saturated heterocycles. The van der Waals surface area contributed by atoms with E-state index >= 15 is 0 Å². The Hall–Kier alpha value is -3.56. The molecule has 0 radical (unpaired) electrons. The predicted octanol–water partition coefficient (Wildman–Crippen LogP) is 3.66. The van der Waals surface area contributed by atoms with E-state index in [9.17, 15) is 19.5 Å². The molecule has 3 amide bonds. The number of aliphatic hydroxyl groups is 1. The molecule has 0 bridgehead atoms. The van der Waals surface area contributed by atoms with Crippen LogP contribution in [0.2, 0.25) is 0 Å². The summed E-state index contributed by atoms with van der Waals surface area (Å²) in [4.78, 5) is 48.7. The minimum atomic E-state index is -0.975. The van der Waals surface area contributed by atoms with Crippen molar-refractivity contribution in [1.29, 1.82) is 0 Å². The van der Waals surface area contributed by atoms with E-state index in [-0.39, 0.29) is 24.3 Å². The van der Waals surface area contributed by atoms with Gasteiger partial charge in [-0.05, 0) is 49.7 Å². The molecule has 8 nitrogen and oxygen atoms in total. The van der Waals surface area contributed by atoms with E-state index in [1.807, 2.05) is 74.5 Å². The lowest BCUT2D eigenvalue weighted by molar-refractivity contribution is -0.142. The number of likely N-dealkylation sites (tertiary alicyclic amines) is 1. The number of thioether (sulfide) groups is 1. The van der Waals surface area contributed by atoms with Crippen molar-refractivity contribution in [1.82, 2.24) is 4.90 Å². The van der Waals surface area contributed by atoms with Gasteiger partial charge in [-0.25, -0.2) is 0 Å². The van der Waals surface area contributed by atoms with Crippen LogP contribution in [0.3, 0.4) is 0 Å². The molecule has 6 rings (SSSR count). The molecule has 0 saturated carbocycles. The molecule has 9 heteroatoms. The topological polar surface area (TPSA) is 90.4 Å². The van der Waals surface area contributed by atoms with Crippen LogP contribution < -0.4 is 14.5 Å². The predicted molar refractivity (Wildman–Crippen MR) is 160 cm³/mol. The van der Waals surface area contributed by atoms with Gasteiger partial charge in [-0.15, -0.1) is 11.8 Å². The van der Waals surface area contributed by atoms with E-state index in [4.69, 9.17) is 4.74 Å². The Bertz CT molecular complexity index is 1410. The summed E-state index contributed by atoms with van der Waals surface area (Å²) in [7, 11) is 1.59. The number of hydrogen-bond donors (Lipinski definition) is 1.